The molecule has 6 nitrogen and oxygen atoms in total. The molecule has 0 aliphatic carbocycles. The molecule has 0 spiro atoms. The molecule has 0 saturated carbocycles. The summed E-state index contributed by atoms with van der Waals surface area (Å²) in [5, 5.41) is 6.29. The van der Waals surface area contributed by atoms with E-state index in [4.69, 9.17) is 0 Å². The molecule has 2 rings (SSSR count). The lowest BCUT2D eigenvalue weighted by Crippen LogP contribution is -2.39. The van der Waals surface area contributed by atoms with Gasteiger partial charge in [0.1, 0.15) is 12.4 Å². The predicted molar refractivity (Wildman–Crippen MR) is 125 cm³/mol. The van der Waals surface area contributed by atoms with Gasteiger partial charge in [0.05, 0.1) is 0 Å². The highest BCUT2D eigenvalue weighted by Crippen LogP contribution is 2.03. The lowest BCUT2D eigenvalue weighted by Gasteiger charge is -2.16. The molecule has 0 radical (unpaired) electrons. The molecule has 0 atom stereocenters. The van der Waals surface area contributed by atoms with Crippen molar-refractivity contribution in [2.24, 2.45) is 4.99 Å². The van der Waals surface area contributed by atoms with E-state index in [-0.39, 0.29) is 42.2 Å². The van der Waals surface area contributed by atoms with Gasteiger partial charge in [-0.25, -0.2) is 9.38 Å². The van der Waals surface area contributed by atoms with Crippen molar-refractivity contribution in [3.8, 4) is 0 Å². The fraction of sp³-hybridized carbons (Fsp3) is 0.381. The Balaban J connectivity index is 0.00000420. The van der Waals surface area contributed by atoms with E-state index < -0.39 is 0 Å². The van der Waals surface area contributed by atoms with Gasteiger partial charge >= 0.3 is 0 Å². The van der Waals surface area contributed by atoms with Crippen molar-refractivity contribution in [2.45, 2.75) is 19.8 Å². The fourth-order valence-corrected chi connectivity index (χ4v) is 2.58. The number of aliphatic imine (C=N–C) groups is 1. The summed E-state index contributed by atoms with van der Waals surface area (Å²) in [5.74, 6) is 0.279. The minimum absolute atomic E-state index is 0. The normalized spacial score (nSPS) is 10.8. The van der Waals surface area contributed by atoms with E-state index in [1.165, 1.54) is 12.1 Å². The molecule has 0 saturated heterocycles. The van der Waals surface area contributed by atoms with E-state index in [0.29, 0.717) is 38.4 Å². The van der Waals surface area contributed by atoms with Gasteiger partial charge in [-0.05, 0) is 43.2 Å². The summed E-state index contributed by atoms with van der Waals surface area (Å²) in [4.78, 5) is 22.6. The Morgan fingerprint density at radius 3 is 2.69 bits per heavy atom. The van der Waals surface area contributed by atoms with E-state index in [1.54, 1.807) is 24.2 Å². The minimum atomic E-state index is -0.239. The van der Waals surface area contributed by atoms with E-state index in [9.17, 15) is 9.18 Å². The zero-order valence-electron chi connectivity index (χ0n) is 16.9. The molecule has 0 fully saturated rings. The molecular weight excluding hydrogens is 484 g/mol. The molecule has 0 aliphatic rings. The third-order valence-electron chi connectivity index (χ3n) is 4.17. The molecule has 1 aromatic carbocycles. The number of hydrogen-bond acceptors (Lipinski definition) is 3. The Morgan fingerprint density at radius 1 is 1.17 bits per heavy atom. The molecule has 0 unspecified atom stereocenters. The first kappa shape index (κ1) is 24.8. The van der Waals surface area contributed by atoms with Gasteiger partial charge in [0.15, 0.2) is 5.96 Å². The summed E-state index contributed by atoms with van der Waals surface area (Å²) in [6.45, 7) is 3.90. The van der Waals surface area contributed by atoms with Crippen LogP contribution in [0.1, 0.15) is 18.2 Å². The van der Waals surface area contributed by atoms with Crippen LogP contribution in [0.2, 0.25) is 0 Å². The number of aromatic nitrogens is 1. The zero-order chi connectivity index (χ0) is 20.2. The van der Waals surface area contributed by atoms with Crippen molar-refractivity contribution in [3.05, 3.63) is 65.7 Å². The van der Waals surface area contributed by atoms with Crippen LogP contribution in [0.25, 0.3) is 0 Å². The number of rotatable bonds is 9. The highest BCUT2D eigenvalue weighted by atomic mass is 127. The summed E-state index contributed by atoms with van der Waals surface area (Å²) in [5.41, 5.74) is 1.87. The molecule has 158 valence electrons. The molecule has 0 bridgehead atoms. The average Bonchev–Trinajstić information content (AvgIpc) is 2.70. The standard InChI is InChI=1S/C21H28FN5O.HI/c1-3-23-21(25-13-10-17-7-6-8-18(22)15-17)26-16-20(28)27(2)14-11-19-9-4-5-12-24-19;/h4-9,12,15H,3,10-11,13-14,16H2,1-2H3,(H2,23,25,26);1H. The number of carbonyl (C=O) groups is 1. The number of nitrogens with one attached hydrogen (secondary N) is 2. The second-order valence-electron chi connectivity index (χ2n) is 6.39. The maximum absolute atomic E-state index is 13.2. The zero-order valence-corrected chi connectivity index (χ0v) is 19.2. The maximum Gasteiger partial charge on any atom is 0.244 e. The van der Waals surface area contributed by atoms with Gasteiger partial charge in [0.25, 0.3) is 0 Å². The monoisotopic (exact) mass is 513 g/mol. The van der Waals surface area contributed by atoms with Crippen molar-refractivity contribution < 1.29 is 9.18 Å². The van der Waals surface area contributed by atoms with Gasteiger partial charge in [-0.15, -0.1) is 24.0 Å². The van der Waals surface area contributed by atoms with Crippen LogP contribution in [0.15, 0.2) is 53.7 Å². The van der Waals surface area contributed by atoms with E-state index in [0.717, 1.165) is 11.3 Å². The number of likely N-dealkylation sites (N-methyl/N-ethyl adjacent to an activating group) is 1. The summed E-state index contributed by atoms with van der Waals surface area (Å²) >= 11 is 0. The van der Waals surface area contributed by atoms with E-state index in [1.807, 2.05) is 31.2 Å². The summed E-state index contributed by atoms with van der Waals surface area (Å²) in [6, 6.07) is 12.3. The minimum Gasteiger partial charge on any atom is -0.357 e. The number of carbonyl (C=O) groups excluding carboxylic acids is 1. The van der Waals surface area contributed by atoms with Gasteiger partial charge in [-0.3, -0.25) is 9.78 Å². The van der Waals surface area contributed by atoms with Crippen molar-refractivity contribution in [3.63, 3.8) is 0 Å². The van der Waals surface area contributed by atoms with Crippen LogP contribution in [-0.2, 0) is 17.6 Å². The van der Waals surface area contributed by atoms with Gasteiger partial charge in [0.2, 0.25) is 5.91 Å². The highest BCUT2D eigenvalue weighted by Gasteiger charge is 2.09. The third-order valence-corrected chi connectivity index (χ3v) is 4.17. The Hall–Kier alpha value is -2.23. The number of amides is 1. The lowest BCUT2D eigenvalue weighted by atomic mass is 10.1. The highest BCUT2D eigenvalue weighted by molar-refractivity contribution is 14.0. The van der Waals surface area contributed by atoms with Crippen LogP contribution < -0.4 is 10.6 Å². The van der Waals surface area contributed by atoms with Crippen molar-refractivity contribution in [1.29, 1.82) is 0 Å². The summed E-state index contributed by atoms with van der Waals surface area (Å²) in [7, 11) is 1.77. The van der Waals surface area contributed by atoms with Gasteiger partial charge in [-0.1, -0.05) is 18.2 Å². The second-order valence-corrected chi connectivity index (χ2v) is 6.39. The van der Waals surface area contributed by atoms with Crippen LogP contribution >= 0.6 is 24.0 Å². The summed E-state index contributed by atoms with van der Waals surface area (Å²) < 4.78 is 13.2. The van der Waals surface area contributed by atoms with E-state index >= 15 is 0 Å². The maximum atomic E-state index is 13.2. The topological polar surface area (TPSA) is 69.6 Å². The lowest BCUT2D eigenvalue weighted by molar-refractivity contribution is -0.128. The molecule has 2 aromatic rings. The van der Waals surface area contributed by atoms with Crippen LogP contribution in [0.4, 0.5) is 4.39 Å². The molecule has 0 aliphatic heterocycles. The number of nitrogens with zero attached hydrogens (tertiary/aromatic N) is 3. The Kier molecular flexibility index (Phi) is 11.9. The average molecular weight is 513 g/mol. The number of benzene rings is 1. The van der Waals surface area contributed by atoms with E-state index in [2.05, 4.69) is 20.6 Å². The molecule has 2 N–H and O–H groups in total. The first-order valence-corrected chi connectivity index (χ1v) is 9.49. The molecular formula is C21H29FIN5O. The number of guanidine groups is 1. The Morgan fingerprint density at radius 2 is 2.00 bits per heavy atom. The van der Waals surface area contributed by atoms with Crippen LogP contribution in [0.3, 0.4) is 0 Å². The number of hydrogen-bond donors (Lipinski definition) is 2. The molecule has 1 amide bonds. The largest absolute Gasteiger partial charge is 0.357 e. The Labute approximate surface area is 189 Å². The fourth-order valence-electron chi connectivity index (χ4n) is 2.58. The number of halogens is 2. The number of pyridine rings is 1. The summed E-state index contributed by atoms with van der Waals surface area (Å²) in [6.07, 6.45) is 3.12. The molecule has 1 aromatic heterocycles. The quantitative estimate of drug-likeness (QED) is 0.308. The van der Waals surface area contributed by atoms with Gasteiger partial charge in [0, 0.05) is 45.0 Å². The molecule has 8 heteroatoms. The van der Waals surface area contributed by atoms with Crippen molar-refractivity contribution >= 4 is 35.8 Å². The second kappa shape index (κ2) is 13.9. The molecule has 29 heavy (non-hydrogen) atoms. The van der Waals surface area contributed by atoms with Crippen LogP contribution in [-0.4, -0.2) is 55.0 Å². The van der Waals surface area contributed by atoms with Crippen LogP contribution in [0.5, 0.6) is 0 Å². The van der Waals surface area contributed by atoms with Gasteiger partial charge in [-0.2, -0.15) is 0 Å². The van der Waals surface area contributed by atoms with Crippen molar-refractivity contribution in [1.82, 2.24) is 20.5 Å². The SMILES string of the molecule is CCNC(=NCC(=O)N(C)CCc1ccccn1)NCCc1cccc(F)c1.I. The Bertz CT molecular complexity index is 773. The predicted octanol–water partition coefficient (Wildman–Crippen LogP) is 2.64. The smallest absolute Gasteiger partial charge is 0.244 e. The first-order valence-electron chi connectivity index (χ1n) is 9.49. The van der Waals surface area contributed by atoms with Crippen LogP contribution in [0, 0.1) is 5.82 Å². The first-order chi connectivity index (χ1) is 13.6. The van der Waals surface area contributed by atoms with Gasteiger partial charge < -0.3 is 15.5 Å². The van der Waals surface area contributed by atoms with Crippen molar-refractivity contribution in [2.75, 3.05) is 33.2 Å². The third kappa shape index (κ3) is 9.69. The molecule has 1 heterocycles.